The van der Waals surface area contributed by atoms with E-state index in [0.29, 0.717) is 30.4 Å². The standard InChI is InChI=1S/C19H18N4O3S/c1-2-26-14-7-8-15-16(11-14)27-18(21-15)22-17(24)12-3-5-13(6-4-12)23-10-9-20-19(23)25/h3-8,11H,2,9-10H2,1H3,(H,20,25)(H,21,22,24). The SMILES string of the molecule is CCOc1ccc2nc(NC(=O)c3ccc(N4CCNC4=O)cc3)sc2c1. The molecule has 2 aromatic carbocycles. The first-order chi connectivity index (χ1) is 13.1. The maximum absolute atomic E-state index is 12.5. The maximum atomic E-state index is 12.5. The van der Waals surface area contributed by atoms with Crippen molar-refractivity contribution in [2.45, 2.75) is 6.92 Å². The molecule has 1 fully saturated rings. The molecule has 3 aromatic rings. The summed E-state index contributed by atoms with van der Waals surface area (Å²) in [4.78, 5) is 30.3. The molecule has 0 atom stereocenters. The molecule has 0 radical (unpaired) electrons. The lowest BCUT2D eigenvalue weighted by molar-refractivity contribution is 0.102. The Morgan fingerprint density at radius 3 is 2.81 bits per heavy atom. The minimum atomic E-state index is -0.239. The van der Waals surface area contributed by atoms with Gasteiger partial charge in [-0.25, -0.2) is 9.78 Å². The maximum Gasteiger partial charge on any atom is 0.321 e. The molecule has 0 spiro atoms. The summed E-state index contributed by atoms with van der Waals surface area (Å²) < 4.78 is 6.44. The topological polar surface area (TPSA) is 83.6 Å². The largest absolute Gasteiger partial charge is 0.494 e. The summed E-state index contributed by atoms with van der Waals surface area (Å²) in [6.07, 6.45) is 0. The molecular weight excluding hydrogens is 364 g/mol. The molecular formula is C19H18N4O3S. The van der Waals surface area contributed by atoms with E-state index < -0.39 is 0 Å². The average molecular weight is 382 g/mol. The molecule has 138 valence electrons. The van der Waals surface area contributed by atoms with Gasteiger partial charge in [-0.1, -0.05) is 11.3 Å². The molecule has 7 nitrogen and oxygen atoms in total. The van der Waals surface area contributed by atoms with E-state index >= 15 is 0 Å². The van der Waals surface area contributed by atoms with Crippen LogP contribution in [0.3, 0.4) is 0 Å². The van der Waals surface area contributed by atoms with E-state index in [0.717, 1.165) is 21.7 Å². The quantitative estimate of drug-likeness (QED) is 0.708. The van der Waals surface area contributed by atoms with Crippen LogP contribution in [0.5, 0.6) is 5.75 Å². The second kappa shape index (κ2) is 7.24. The minimum absolute atomic E-state index is 0.118. The number of urea groups is 1. The molecule has 8 heteroatoms. The number of nitrogens with one attached hydrogen (secondary N) is 2. The van der Waals surface area contributed by atoms with Gasteiger partial charge in [-0.05, 0) is 49.4 Å². The Kier molecular flexibility index (Phi) is 4.64. The number of benzene rings is 2. The summed E-state index contributed by atoms with van der Waals surface area (Å²) in [5.41, 5.74) is 2.09. The second-order valence-electron chi connectivity index (χ2n) is 5.97. The monoisotopic (exact) mass is 382 g/mol. The van der Waals surface area contributed by atoms with Gasteiger partial charge in [0.2, 0.25) is 0 Å². The highest BCUT2D eigenvalue weighted by atomic mass is 32.1. The van der Waals surface area contributed by atoms with E-state index in [9.17, 15) is 9.59 Å². The van der Waals surface area contributed by atoms with Crippen LogP contribution in [0.1, 0.15) is 17.3 Å². The first-order valence-corrected chi connectivity index (χ1v) is 9.46. The Hall–Kier alpha value is -3.13. The molecule has 3 amide bonds. The van der Waals surface area contributed by atoms with Crippen LogP contribution in [-0.2, 0) is 0 Å². The van der Waals surface area contributed by atoms with E-state index in [1.54, 1.807) is 29.2 Å². The number of thiazole rings is 1. The molecule has 4 rings (SSSR count). The Labute approximate surface area is 160 Å². The Morgan fingerprint density at radius 2 is 2.11 bits per heavy atom. The highest BCUT2D eigenvalue weighted by Crippen LogP contribution is 2.29. The highest BCUT2D eigenvalue weighted by Gasteiger charge is 2.21. The number of aromatic nitrogens is 1. The van der Waals surface area contributed by atoms with Crippen molar-refractivity contribution in [1.82, 2.24) is 10.3 Å². The number of amides is 3. The molecule has 27 heavy (non-hydrogen) atoms. The number of hydrogen-bond acceptors (Lipinski definition) is 5. The Balaban J connectivity index is 1.48. The number of rotatable bonds is 5. The van der Waals surface area contributed by atoms with E-state index in [-0.39, 0.29) is 11.9 Å². The van der Waals surface area contributed by atoms with Gasteiger partial charge in [0.25, 0.3) is 5.91 Å². The van der Waals surface area contributed by atoms with E-state index in [1.807, 2.05) is 25.1 Å². The van der Waals surface area contributed by atoms with Crippen molar-refractivity contribution in [3.05, 3.63) is 48.0 Å². The van der Waals surface area contributed by atoms with Crippen LogP contribution in [0.25, 0.3) is 10.2 Å². The van der Waals surface area contributed by atoms with E-state index in [4.69, 9.17) is 4.74 Å². The normalized spacial score (nSPS) is 13.7. The van der Waals surface area contributed by atoms with Gasteiger partial charge in [0.1, 0.15) is 5.75 Å². The van der Waals surface area contributed by atoms with Crippen molar-refractivity contribution in [2.24, 2.45) is 0 Å². The zero-order valence-corrected chi connectivity index (χ0v) is 15.5. The molecule has 1 aromatic heterocycles. The third kappa shape index (κ3) is 3.56. The molecule has 1 aliphatic rings. The zero-order valence-electron chi connectivity index (χ0n) is 14.7. The van der Waals surface area contributed by atoms with Crippen molar-refractivity contribution in [1.29, 1.82) is 0 Å². The molecule has 0 unspecified atom stereocenters. The molecule has 0 aliphatic carbocycles. The van der Waals surface area contributed by atoms with Gasteiger partial charge >= 0.3 is 6.03 Å². The van der Waals surface area contributed by atoms with Crippen molar-refractivity contribution >= 4 is 44.3 Å². The van der Waals surface area contributed by atoms with Gasteiger partial charge in [-0.15, -0.1) is 0 Å². The lowest BCUT2D eigenvalue weighted by Crippen LogP contribution is -2.27. The zero-order chi connectivity index (χ0) is 18.8. The number of ether oxygens (including phenoxy) is 1. The van der Waals surface area contributed by atoms with Gasteiger partial charge in [0.15, 0.2) is 5.13 Å². The molecule has 1 saturated heterocycles. The fourth-order valence-corrected chi connectivity index (χ4v) is 3.78. The first-order valence-electron chi connectivity index (χ1n) is 8.64. The van der Waals surface area contributed by atoms with Crippen molar-refractivity contribution in [3.63, 3.8) is 0 Å². The molecule has 0 bridgehead atoms. The van der Waals surface area contributed by atoms with Crippen LogP contribution in [-0.4, -0.2) is 36.6 Å². The fourth-order valence-electron chi connectivity index (χ4n) is 2.89. The highest BCUT2D eigenvalue weighted by molar-refractivity contribution is 7.22. The summed E-state index contributed by atoms with van der Waals surface area (Å²) in [5, 5.41) is 6.12. The number of carbonyl (C=O) groups is 2. The first kappa shape index (κ1) is 17.3. The summed E-state index contributed by atoms with van der Waals surface area (Å²) in [6.45, 7) is 3.79. The number of anilines is 2. The number of fused-ring (bicyclic) bond motifs is 1. The van der Waals surface area contributed by atoms with Crippen molar-refractivity contribution in [2.75, 3.05) is 29.9 Å². The number of nitrogens with zero attached hydrogens (tertiary/aromatic N) is 2. The third-order valence-corrected chi connectivity index (χ3v) is 5.12. The Bertz CT molecular complexity index is 1000. The van der Waals surface area contributed by atoms with Gasteiger partial charge in [0.05, 0.1) is 16.8 Å². The molecule has 0 saturated carbocycles. The van der Waals surface area contributed by atoms with Crippen LogP contribution in [0, 0.1) is 0 Å². The average Bonchev–Trinajstić information content (AvgIpc) is 3.27. The van der Waals surface area contributed by atoms with Gasteiger partial charge in [0, 0.05) is 24.3 Å². The Morgan fingerprint density at radius 1 is 1.30 bits per heavy atom. The van der Waals surface area contributed by atoms with Gasteiger partial charge < -0.3 is 10.1 Å². The van der Waals surface area contributed by atoms with Crippen LogP contribution in [0.4, 0.5) is 15.6 Å². The predicted molar refractivity (Wildman–Crippen MR) is 106 cm³/mol. The molecule has 2 heterocycles. The van der Waals surface area contributed by atoms with Crippen molar-refractivity contribution in [3.8, 4) is 5.75 Å². The smallest absolute Gasteiger partial charge is 0.321 e. The van der Waals surface area contributed by atoms with Crippen molar-refractivity contribution < 1.29 is 14.3 Å². The number of hydrogen-bond donors (Lipinski definition) is 2. The summed E-state index contributed by atoms with van der Waals surface area (Å²) >= 11 is 1.40. The lowest BCUT2D eigenvalue weighted by atomic mass is 10.2. The number of carbonyl (C=O) groups excluding carboxylic acids is 2. The van der Waals surface area contributed by atoms with Crippen LogP contribution in [0.2, 0.25) is 0 Å². The van der Waals surface area contributed by atoms with E-state index in [1.165, 1.54) is 11.3 Å². The third-order valence-electron chi connectivity index (χ3n) is 4.19. The summed E-state index contributed by atoms with van der Waals surface area (Å²) in [7, 11) is 0. The summed E-state index contributed by atoms with van der Waals surface area (Å²) in [6, 6.07) is 12.5. The molecule has 1 aliphatic heterocycles. The molecule has 2 N–H and O–H groups in total. The van der Waals surface area contributed by atoms with Gasteiger partial charge in [-0.3, -0.25) is 15.0 Å². The lowest BCUT2D eigenvalue weighted by Gasteiger charge is -2.14. The van der Waals surface area contributed by atoms with Crippen LogP contribution in [0.15, 0.2) is 42.5 Å². The summed E-state index contributed by atoms with van der Waals surface area (Å²) in [5.74, 6) is 0.546. The van der Waals surface area contributed by atoms with Crippen LogP contribution >= 0.6 is 11.3 Å². The second-order valence-corrected chi connectivity index (χ2v) is 7.00. The predicted octanol–water partition coefficient (Wildman–Crippen LogP) is 3.48. The van der Waals surface area contributed by atoms with Gasteiger partial charge in [-0.2, -0.15) is 0 Å². The minimum Gasteiger partial charge on any atom is -0.494 e. The van der Waals surface area contributed by atoms with Crippen LogP contribution < -0.4 is 20.3 Å². The fraction of sp³-hybridized carbons (Fsp3) is 0.211. The van der Waals surface area contributed by atoms with E-state index in [2.05, 4.69) is 15.6 Å².